The average molecular weight is 399 g/mol. The number of fused-ring (bicyclic) bond motifs is 2. The highest BCUT2D eigenvalue weighted by Gasteiger charge is 2.27. The molecule has 0 saturated carbocycles. The molecule has 0 bridgehead atoms. The number of hydrogen-bond acceptors (Lipinski definition) is 3. The molecule has 2 heterocycles. The van der Waals surface area contributed by atoms with Crippen molar-refractivity contribution in [1.82, 2.24) is 10.3 Å². The SMILES string of the molecule is C[C@@H](CCc1c[nH]c2ccc(F)cc12)N[C@H]1COc2c(F)ccc(C(N)=O)c2C1. The number of halogens is 2. The van der Waals surface area contributed by atoms with Gasteiger partial charge in [0.25, 0.3) is 0 Å². The van der Waals surface area contributed by atoms with E-state index < -0.39 is 11.7 Å². The van der Waals surface area contributed by atoms with E-state index in [0.717, 1.165) is 29.3 Å². The third-order valence-corrected chi connectivity index (χ3v) is 5.45. The summed E-state index contributed by atoms with van der Waals surface area (Å²) in [5, 5.41) is 4.38. The van der Waals surface area contributed by atoms with Crippen LogP contribution in [0.15, 0.2) is 36.5 Å². The van der Waals surface area contributed by atoms with Crippen LogP contribution in [0, 0.1) is 11.6 Å². The zero-order valence-corrected chi connectivity index (χ0v) is 16.1. The first-order chi connectivity index (χ1) is 13.9. The lowest BCUT2D eigenvalue weighted by atomic mass is 9.95. The third kappa shape index (κ3) is 3.96. The van der Waals surface area contributed by atoms with Gasteiger partial charge in [-0.15, -0.1) is 0 Å². The van der Waals surface area contributed by atoms with Gasteiger partial charge in [0, 0.05) is 40.3 Å². The Labute approximate surface area is 167 Å². The number of H-pyrrole nitrogens is 1. The molecule has 0 saturated heterocycles. The lowest BCUT2D eigenvalue weighted by Crippen LogP contribution is -2.44. The standard InChI is InChI=1S/C22H23F2N3O2/c1-12(2-3-13-10-26-20-7-4-14(23)8-17(13)20)27-15-9-18-16(22(25)28)5-6-19(24)21(18)29-11-15/h4-8,10,12,15,26-27H,2-3,9,11H2,1H3,(H2,25,28)/t12-,15+/m0/s1. The molecular weight excluding hydrogens is 376 g/mol. The van der Waals surface area contributed by atoms with Crippen LogP contribution < -0.4 is 15.8 Å². The Morgan fingerprint density at radius 1 is 1.34 bits per heavy atom. The van der Waals surface area contributed by atoms with Gasteiger partial charge in [-0.2, -0.15) is 0 Å². The molecule has 1 aromatic heterocycles. The quantitative estimate of drug-likeness (QED) is 0.594. The molecule has 29 heavy (non-hydrogen) atoms. The van der Waals surface area contributed by atoms with Crippen LogP contribution in [0.1, 0.15) is 34.8 Å². The summed E-state index contributed by atoms with van der Waals surface area (Å²) >= 11 is 0. The molecule has 4 N–H and O–H groups in total. The molecule has 2 atom stereocenters. The van der Waals surface area contributed by atoms with E-state index in [1.54, 1.807) is 12.1 Å². The first kappa shape index (κ1) is 19.4. The number of rotatable bonds is 6. The summed E-state index contributed by atoms with van der Waals surface area (Å²) < 4.78 is 33.1. The molecule has 1 aliphatic heterocycles. The van der Waals surface area contributed by atoms with Crippen LogP contribution in [0.2, 0.25) is 0 Å². The molecule has 0 unspecified atom stereocenters. The lowest BCUT2D eigenvalue weighted by molar-refractivity contribution is 0.0997. The van der Waals surface area contributed by atoms with Crippen molar-refractivity contribution in [3.63, 3.8) is 0 Å². The van der Waals surface area contributed by atoms with Crippen LogP contribution in [0.25, 0.3) is 10.9 Å². The molecule has 3 aromatic rings. The molecule has 152 valence electrons. The number of amides is 1. The van der Waals surface area contributed by atoms with Gasteiger partial charge in [0.1, 0.15) is 12.4 Å². The van der Waals surface area contributed by atoms with Gasteiger partial charge in [-0.1, -0.05) is 0 Å². The van der Waals surface area contributed by atoms with Gasteiger partial charge in [0.2, 0.25) is 5.91 Å². The van der Waals surface area contributed by atoms with Crippen molar-refractivity contribution in [2.45, 2.75) is 38.3 Å². The minimum atomic E-state index is -0.592. The predicted molar refractivity (Wildman–Crippen MR) is 107 cm³/mol. The highest BCUT2D eigenvalue weighted by atomic mass is 19.1. The number of benzene rings is 2. The second-order valence-corrected chi connectivity index (χ2v) is 7.59. The predicted octanol–water partition coefficient (Wildman–Crippen LogP) is 3.46. The van der Waals surface area contributed by atoms with E-state index in [0.29, 0.717) is 24.2 Å². The Morgan fingerprint density at radius 3 is 2.97 bits per heavy atom. The number of carbonyl (C=O) groups is 1. The van der Waals surface area contributed by atoms with E-state index in [2.05, 4.69) is 17.2 Å². The number of aromatic amines is 1. The number of hydrogen-bond donors (Lipinski definition) is 3. The summed E-state index contributed by atoms with van der Waals surface area (Å²) in [5.41, 5.74) is 8.22. The van der Waals surface area contributed by atoms with Crippen molar-refractivity contribution in [2.24, 2.45) is 5.73 Å². The largest absolute Gasteiger partial charge is 0.489 e. The minimum Gasteiger partial charge on any atom is -0.489 e. The van der Waals surface area contributed by atoms with Crippen LogP contribution in [-0.2, 0) is 12.8 Å². The normalized spacial score (nSPS) is 17.0. The molecule has 0 aliphatic carbocycles. The number of aryl methyl sites for hydroxylation is 1. The molecule has 7 heteroatoms. The zero-order valence-electron chi connectivity index (χ0n) is 16.1. The first-order valence-corrected chi connectivity index (χ1v) is 9.68. The minimum absolute atomic E-state index is 0.0576. The summed E-state index contributed by atoms with van der Waals surface area (Å²) in [4.78, 5) is 14.8. The molecule has 4 rings (SSSR count). The highest BCUT2D eigenvalue weighted by Crippen LogP contribution is 2.31. The Kier molecular flexibility index (Phi) is 5.24. The Balaban J connectivity index is 1.41. The monoisotopic (exact) mass is 399 g/mol. The van der Waals surface area contributed by atoms with Gasteiger partial charge in [-0.05, 0) is 62.1 Å². The molecule has 5 nitrogen and oxygen atoms in total. The number of carbonyl (C=O) groups excluding carboxylic acids is 1. The molecular formula is C22H23F2N3O2. The van der Waals surface area contributed by atoms with Crippen molar-refractivity contribution < 1.29 is 18.3 Å². The van der Waals surface area contributed by atoms with E-state index in [1.807, 2.05) is 6.20 Å². The maximum Gasteiger partial charge on any atom is 0.249 e. The fourth-order valence-electron chi connectivity index (χ4n) is 4.00. The number of primary amides is 1. The first-order valence-electron chi connectivity index (χ1n) is 9.68. The van der Waals surface area contributed by atoms with Crippen LogP contribution >= 0.6 is 0 Å². The lowest BCUT2D eigenvalue weighted by Gasteiger charge is -2.30. The summed E-state index contributed by atoms with van der Waals surface area (Å²) in [6, 6.07) is 7.43. The summed E-state index contributed by atoms with van der Waals surface area (Å²) in [6.45, 7) is 2.38. The number of nitrogens with one attached hydrogen (secondary N) is 2. The zero-order chi connectivity index (χ0) is 20.5. The van der Waals surface area contributed by atoms with E-state index in [4.69, 9.17) is 10.5 Å². The fraction of sp³-hybridized carbons (Fsp3) is 0.318. The summed E-state index contributed by atoms with van der Waals surface area (Å²) in [6.07, 6.45) is 3.99. The van der Waals surface area contributed by atoms with Gasteiger partial charge in [-0.25, -0.2) is 8.78 Å². The smallest absolute Gasteiger partial charge is 0.249 e. The Hall–Kier alpha value is -2.93. The van der Waals surface area contributed by atoms with Gasteiger partial charge in [-0.3, -0.25) is 4.79 Å². The van der Waals surface area contributed by atoms with Gasteiger partial charge < -0.3 is 20.8 Å². The molecule has 0 fully saturated rings. The Morgan fingerprint density at radius 2 is 2.17 bits per heavy atom. The third-order valence-electron chi connectivity index (χ3n) is 5.45. The molecule has 0 radical (unpaired) electrons. The van der Waals surface area contributed by atoms with Crippen LogP contribution in [0.4, 0.5) is 8.78 Å². The number of nitrogens with two attached hydrogens (primary N) is 1. The van der Waals surface area contributed by atoms with Crippen LogP contribution in [-0.4, -0.2) is 29.6 Å². The molecule has 1 amide bonds. The topological polar surface area (TPSA) is 80.1 Å². The van der Waals surface area contributed by atoms with Crippen molar-refractivity contribution in [3.05, 3.63) is 64.9 Å². The van der Waals surface area contributed by atoms with Crippen molar-refractivity contribution >= 4 is 16.8 Å². The van der Waals surface area contributed by atoms with Crippen molar-refractivity contribution in [1.29, 1.82) is 0 Å². The molecule has 1 aliphatic rings. The molecule has 2 aromatic carbocycles. The maximum absolute atomic E-state index is 14.0. The van der Waals surface area contributed by atoms with E-state index in [1.165, 1.54) is 18.2 Å². The average Bonchev–Trinajstić information content (AvgIpc) is 3.08. The van der Waals surface area contributed by atoms with Crippen molar-refractivity contribution in [2.75, 3.05) is 6.61 Å². The summed E-state index contributed by atoms with van der Waals surface area (Å²) in [5.74, 6) is -1.21. The van der Waals surface area contributed by atoms with Crippen molar-refractivity contribution in [3.8, 4) is 5.75 Å². The van der Waals surface area contributed by atoms with Crippen LogP contribution in [0.5, 0.6) is 5.75 Å². The van der Waals surface area contributed by atoms with E-state index in [-0.39, 0.29) is 23.7 Å². The van der Waals surface area contributed by atoms with Gasteiger partial charge >= 0.3 is 0 Å². The number of aromatic nitrogens is 1. The summed E-state index contributed by atoms with van der Waals surface area (Å²) in [7, 11) is 0. The van der Waals surface area contributed by atoms with E-state index >= 15 is 0 Å². The highest BCUT2D eigenvalue weighted by molar-refractivity contribution is 5.95. The Bertz CT molecular complexity index is 1060. The maximum atomic E-state index is 14.0. The molecule has 0 spiro atoms. The van der Waals surface area contributed by atoms with E-state index in [9.17, 15) is 13.6 Å². The number of ether oxygens (including phenoxy) is 1. The van der Waals surface area contributed by atoms with Crippen LogP contribution in [0.3, 0.4) is 0 Å². The second kappa shape index (κ2) is 7.83. The van der Waals surface area contributed by atoms with Gasteiger partial charge in [0.15, 0.2) is 11.6 Å². The van der Waals surface area contributed by atoms with Gasteiger partial charge in [0.05, 0.1) is 0 Å². The fourth-order valence-corrected chi connectivity index (χ4v) is 4.00. The second-order valence-electron chi connectivity index (χ2n) is 7.59.